The highest BCUT2D eigenvalue weighted by Crippen LogP contribution is 2.30. The Morgan fingerprint density at radius 2 is 1.56 bits per heavy atom. The first-order valence-electron chi connectivity index (χ1n) is 6.12. The standard InChI is InChI=1S/C14H20FN/c1-14(2,16-10-4-3-5-11-16)12-6-8-13(15)9-7-12/h6-9H,3-5,10-11H2,1-2H3. The van der Waals surface area contributed by atoms with E-state index in [9.17, 15) is 4.39 Å². The summed E-state index contributed by atoms with van der Waals surface area (Å²) in [6.45, 7) is 6.77. The van der Waals surface area contributed by atoms with Gasteiger partial charge in [-0.3, -0.25) is 4.90 Å². The highest BCUT2D eigenvalue weighted by Gasteiger charge is 2.29. The predicted molar refractivity (Wildman–Crippen MR) is 64.9 cm³/mol. The lowest BCUT2D eigenvalue weighted by molar-refractivity contribution is 0.0943. The molecule has 1 aromatic carbocycles. The molecule has 1 heterocycles. The number of hydrogen-bond acceptors (Lipinski definition) is 1. The minimum Gasteiger partial charge on any atom is -0.294 e. The zero-order chi connectivity index (χ0) is 11.6. The Labute approximate surface area is 97.3 Å². The fourth-order valence-electron chi connectivity index (χ4n) is 2.49. The van der Waals surface area contributed by atoms with Crippen LogP contribution in [0.2, 0.25) is 0 Å². The molecule has 2 heteroatoms. The molecule has 0 N–H and O–H groups in total. The molecular weight excluding hydrogens is 201 g/mol. The summed E-state index contributed by atoms with van der Waals surface area (Å²) in [6.07, 6.45) is 3.91. The quantitative estimate of drug-likeness (QED) is 0.738. The lowest BCUT2D eigenvalue weighted by Gasteiger charge is -2.41. The topological polar surface area (TPSA) is 3.24 Å². The molecule has 0 aliphatic carbocycles. The van der Waals surface area contributed by atoms with E-state index in [1.54, 1.807) is 12.1 Å². The van der Waals surface area contributed by atoms with Crippen LogP contribution >= 0.6 is 0 Å². The highest BCUT2D eigenvalue weighted by atomic mass is 19.1. The largest absolute Gasteiger partial charge is 0.294 e. The summed E-state index contributed by atoms with van der Waals surface area (Å²) in [4.78, 5) is 2.50. The van der Waals surface area contributed by atoms with E-state index in [0.29, 0.717) is 0 Å². The van der Waals surface area contributed by atoms with Crippen molar-refractivity contribution in [1.29, 1.82) is 0 Å². The maximum Gasteiger partial charge on any atom is 0.123 e. The van der Waals surface area contributed by atoms with Crippen molar-refractivity contribution in [3.63, 3.8) is 0 Å². The van der Waals surface area contributed by atoms with E-state index < -0.39 is 0 Å². The highest BCUT2D eigenvalue weighted by molar-refractivity contribution is 5.23. The summed E-state index contributed by atoms with van der Waals surface area (Å²) in [5.41, 5.74) is 1.23. The third-order valence-corrected chi connectivity index (χ3v) is 3.70. The molecule has 2 rings (SSSR count). The molecule has 0 spiro atoms. The minimum atomic E-state index is -0.154. The molecule has 1 aromatic rings. The smallest absolute Gasteiger partial charge is 0.123 e. The zero-order valence-corrected chi connectivity index (χ0v) is 10.2. The second-order valence-corrected chi connectivity index (χ2v) is 5.11. The third kappa shape index (κ3) is 2.27. The number of nitrogens with zero attached hydrogens (tertiary/aromatic N) is 1. The summed E-state index contributed by atoms with van der Waals surface area (Å²) in [7, 11) is 0. The molecule has 16 heavy (non-hydrogen) atoms. The summed E-state index contributed by atoms with van der Waals surface area (Å²) < 4.78 is 12.9. The molecule has 0 bridgehead atoms. The molecule has 1 nitrogen and oxygen atoms in total. The molecule has 1 aliphatic heterocycles. The Morgan fingerprint density at radius 3 is 2.12 bits per heavy atom. The van der Waals surface area contributed by atoms with Crippen molar-refractivity contribution < 1.29 is 4.39 Å². The van der Waals surface area contributed by atoms with Crippen molar-refractivity contribution >= 4 is 0 Å². The van der Waals surface area contributed by atoms with E-state index in [4.69, 9.17) is 0 Å². The van der Waals surface area contributed by atoms with Crippen LogP contribution in [-0.2, 0) is 5.54 Å². The Hall–Kier alpha value is -0.890. The molecule has 0 saturated carbocycles. The van der Waals surface area contributed by atoms with Gasteiger partial charge in [0.25, 0.3) is 0 Å². The molecule has 0 atom stereocenters. The first-order chi connectivity index (χ1) is 7.60. The predicted octanol–water partition coefficient (Wildman–Crippen LogP) is 3.55. The Morgan fingerprint density at radius 1 is 1.00 bits per heavy atom. The molecule has 0 aromatic heterocycles. The first kappa shape index (κ1) is 11.6. The maximum absolute atomic E-state index is 12.9. The molecule has 88 valence electrons. The van der Waals surface area contributed by atoms with Gasteiger partial charge in [0, 0.05) is 5.54 Å². The monoisotopic (exact) mass is 221 g/mol. The first-order valence-corrected chi connectivity index (χ1v) is 6.12. The van der Waals surface area contributed by atoms with Crippen LogP contribution in [0.5, 0.6) is 0 Å². The van der Waals surface area contributed by atoms with E-state index in [2.05, 4.69) is 18.7 Å². The van der Waals surface area contributed by atoms with Gasteiger partial charge in [0.05, 0.1) is 0 Å². The number of piperidine rings is 1. The lowest BCUT2D eigenvalue weighted by atomic mass is 9.90. The van der Waals surface area contributed by atoms with Gasteiger partial charge < -0.3 is 0 Å². The molecule has 0 unspecified atom stereocenters. The van der Waals surface area contributed by atoms with Gasteiger partial charge in [-0.2, -0.15) is 0 Å². The Kier molecular flexibility index (Phi) is 3.29. The van der Waals surface area contributed by atoms with Crippen molar-refractivity contribution in [2.45, 2.75) is 38.6 Å². The number of halogens is 1. The molecular formula is C14H20FN. The van der Waals surface area contributed by atoms with Crippen LogP contribution in [0.15, 0.2) is 24.3 Å². The van der Waals surface area contributed by atoms with Crippen molar-refractivity contribution in [2.24, 2.45) is 0 Å². The zero-order valence-electron chi connectivity index (χ0n) is 10.2. The normalized spacial score (nSPS) is 18.7. The SMILES string of the molecule is CC(C)(c1ccc(F)cc1)N1CCCCC1. The fraction of sp³-hybridized carbons (Fsp3) is 0.571. The number of benzene rings is 1. The van der Waals surface area contributed by atoms with Crippen LogP contribution in [0.4, 0.5) is 4.39 Å². The molecule has 1 saturated heterocycles. The van der Waals surface area contributed by atoms with Crippen molar-refractivity contribution in [3.8, 4) is 0 Å². The average Bonchev–Trinajstić information content (AvgIpc) is 2.31. The van der Waals surface area contributed by atoms with E-state index in [0.717, 1.165) is 13.1 Å². The van der Waals surface area contributed by atoms with Gasteiger partial charge in [0.2, 0.25) is 0 Å². The van der Waals surface area contributed by atoms with Crippen LogP contribution in [0.1, 0.15) is 38.7 Å². The van der Waals surface area contributed by atoms with Gasteiger partial charge in [-0.1, -0.05) is 18.6 Å². The van der Waals surface area contributed by atoms with Crippen LogP contribution < -0.4 is 0 Å². The van der Waals surface area contributed by atoms with Gasteiger partial charge in [-0.25, -0.2) is 4.39 Å². The second kappa shape index (κ2) is 4.54. The summed E-state index contributed by atoms with van der Waals surface area (Å²) in [5.74, 6) is -0.154. The van der Waals surface area contributed by atoms with Crippen molar-refractivity contribution in [2.75, 3.05) is 13.1 Å². The second-order valence-electron chi connectivity index (χ2n) is 5.11. The summed E-state index contributed by atoms with van der Waals surface area (Å²) in [6, 6.07) is 6.93. The van der Waals surface area contributed by atoms with Gasteiger partial charge in [0.1, 0.15) is 5.82 Å². The molecule has 1 aliphatic rings. The van der Waals surface area contributed by atoms with E-state index in [-0.39, 0.29) is 11.4 Å². The minimum absolute atomic E-state index is 0.0219. The molecule has 0 radical (unpaired) electrons. The Bertz CT molecular complexity index is 336. The fourth-order valence-corrected chi connectivity index (χ4v) is 2.49. The van der Waals surface area contributed by atoms with Crippen molar-refractivity contribution in [1.82, 2.24) is 4.90 Å². The number of rotatable bonds is 2. The van der Waals surface area contributed by atoms with Crippen molar-refractivity contribution in [3.05, 3.63) is 35.6 Å². The van der Waals surface area contributed by atoms with E-state index in [1.165, 1.54) is 24.8 Å². The summed E-state index contributed by atoms with van der Waals surface area (Å²) >= 11 is 0. The van der Waals surface area contributed by atoms with Gasteiger partial charge in [0.15, 0.2) is 0 Å². The van der Waals surface area contributed by atoms with E-state index >= 15 is 0 Å². The summed E-state index contributed by atoms with van der Waals surface area (Å²) in [5, 5.41) is 0. The van der Waals surface area contributed by atoms with Gasteiger partial charge >= 0.3 is 0 Å². The van der Waals surface area contributed by atoms with Crippen LogP contribution in [0.3, 0.4) is 0 Å². The van der Waals surface area contributed by atoms with E-state index in [1.807, 2.05) is 12.1 Å². The number of likely N-dealkylation sites (tertiary alicyclic amines) is 1. The van der Waals surface area contributed by atoms with Crippen LogP contribution in [0, 0.1) is 5.82 Å². The molecule has 1 fully saturated rings. The maximum atomic E-state index is 12.9. The van der Waals surface area contributed by atoms with Gasteiger partial charge in [-0.05, 0) is 57.5 Å². The average molecular weight is 221 g/mol. The molecule has 0 amide bonds. The van der Waals surface area contributed by atoms with Crippen LogP contribution in [-0.4, -0.2) is 18.0 Å². The lowest BCUT2D eigenvalue weighted by Crippen LogP contribution is -2.44. The Balaban J connectivity index is 2.19. The van der Waals surface area contributed by atoms with Gasteiger partial charge in [-0.15, -0.1) is 0 Å². The number of hydrogen-bond donors (Lipinski definition) is 0. The third-order valence-electron chi connectivity index (χ3n) is 3.70. The van der Waals surface area contributed by atoms with Crippen LogP contribution in [0.25, 0.3) is 0 Å².